The van der Waals surface area contributed by atoms with Crippen LogP contribution >= 0.6 is 0 Å². The summed E-state index contributed by atoms with van der Waals surface area (Å²) in [5.41, 5.74) is 0.629. The third-order valence-electron chi connectivity index (χ3n) is 3.18. The van der Waals surface area contributed by atoms with Gasteiger partial charge in [-0.3, -0.25) is 4.79 Å². The van der Waals surface area contributed by atoms with Gasteiger partial charge < -0.3 is 25.2 Å². The van der Waals surface area contributed by atoms with E-state index < -0.39 is 17.7 Å². The topological polar surface area (TPSA) is 113 Å². The van der Waals surface area contributed by atoms with E-state index in [1.807, 2.05) is 0 Å². The van der Waals surface area contributed by atoms with Crippen LogP contribution in [0.4, 0.5) is 0 Å². The molecule has 0 bridgehead atoms. The zero-order valence-electron chi connectivity index (χ0n) is 12.6. The van der Waals surface area contributed by atoms with E-state index in [2.05, 4.69) is 15.6 Å². The van der Waals surface area contributed by atoms with E-state index in [4.69, 9.17) is 19.9 Å². The number of amides is 1. The van der Waals surface area contributed by atoms with Crippen molar-refractivity contribution in [3.63, 3.8) is 0 Å². The highest BCUT2D eigenvalue weighted by Crippen LogP contribution is 2.32. The number of benzene rings is 1. The molecule has 1 amide bonds. The van der Waals surface area contributed by atoms with E-state index in [-0.39, 0.29) is 0 Å². The number of nitrogens with one attached hydrogen (secondary N) is 1. The molecule has 0 aliphatic rings. The van der Waals surface area contributed by atoms with E-state index >= 15 is 0 Å². The number of carbonyl (C=O) groups is 1. The Balaban J connectivity index is 3.32. The van der Waals surface area contributed by atoms with E-state index in [0.717, 1.165) is 6.21 Å². The Bertz CT molecular complexity index is 559. The number of oxime groups is 2. The average molecular weight is 309 g/mol. The lowest BCUT2D eigenvalue weighted by atomic mass is 9.86. The van der Waals surface area contributed by atoms with Crippen LogP contribution in [0, 0.1) is 5.92 Å². The summed E-state index contributed by atoms with van der Waals surface area (Å²) in [6.45, 7) is 0. The van der Waals surface area contributed by atoms with E-state index in [9.17, 15) is 4.79 Å². The molecule has 0 saturated carbocycles. The van der Waals surface area contributed by atoms with Gasteiger partial charge in [-0.1, -0.05) is 6.07 Å². The smallest absolute Gasteiger partial charge is 0.229 e. The zero-order chi connectivity index (χ0) is 16.5. The molecule has 0 radical (unpaired) electrons. The lowest BCUT2D eigenvalue weighted by molar-refractivity contribution is -0.122. The maximum atomic E-state index is 12.0. The Labute approximate surface area is 128 Å². The van der Waals surface area contributed by atoms with Crippen molar-refractivity contribution in [2.45, 2.75) is 5.92 Å². The quantitative estimate of drug-likeness (QED) is 0.396. The fourth-order valence-electron chi connectivity index (χ4n) is 2.08. The summed E-state index contributed by atoms with van der Waals surface area (Å²) in [5, 5.41) is 26.0. The molecule has 22 heavy (non-hydrogen) atoms. The van der Waals surface area contributed by atoms with Crippen molar-refractivity contribution < 1.29 is 24.7 Å². The van der Waals surface area contributed by atoms with Gasteiger partial charge in [0.25, 0.3) is 0 Å². The number of carbonyl (C=O) groups excluding carboxylic acids is 1. The molecule has 0 saturated heterocycles. The van der Waals surface area contributed by atoms with E-state index in [1.54, 1.807) is 18.2 Å². The molecule has 1 rings (SSSR count). The molecule has 3 N–H and O–H groups in total. The first kappa shape index (κ1) is 17.3. The minimum absolute atomic E-state index is 0.391. The van der Waals surface area contributed by atoms with Crippen molar-refractivity contribution in [2.75, 3.05) is 21.3 Å². The summed E-state index contributed by atoms with van der Waals surface area (Å²) < 4.78 is 10.4. The van der Waals surface area contributed by atoms with Crippen LogP contribution in [-0.2, 0) is 4.79 Å². The highest BCUT2D eigenvalue weighted by atomic mass is 16.5. The predicted octanol–water partition coefficient (Wildman–Crippen LogP) is 1.07. The highest BCUT2D eigenvalue weighted by Gasteiger charge is 2.28. The third kappa shape index (κ3) is 3.87. The fraction of sp³-hybridized carbons (Fsp3) is 0.357. The minimum Gasteiger partial charge on any atom is -0.493 e. The van der Waals surface area contributed by atoms with Crippen molar-refractivity contribution >= 4 is 18.3 Å². The van der Waals surface area contributed by atoms with Crippen molar-refractivity contribution in [2.24, 2.45) is 16.2 Å². The minimum atomic E-state index is -0.857. The second-order valence-corrected chi connectivity index (χ2v) is 4.31. The van der Waals surface area contributed by atoms with Gasteiger partial charge in [-0.15, -0.1) is 10.3 Å². The van der Waals surface area contributed by atoms with Crippen LogP contribution in [0.3, 0.4) is 0 Å². The number of methoxy groups -OCH3 is 2. The summed E-state index contributed by atoms with van der Waals surface area (Å²) in [6, 6.07) is 5.03. The Morgan fingerprint density at radius 2 is 1.82 bits per heavy atom. The molecule has 0 spiro atoms. The first-order valence-electron chi connectivity index (χ1n) is 6.41. The fourth-order valence-corrected chi connectivity index (χ4v) is 2.08. The van der Waals surface area contributed by atoms with Crippen molar-refractivity contribution in [1.29, 1.82) is 0 Å². The Morgan fingerprint density at radius 1 is 1.18 bits per heavy atom. The van der Waals surface area contributed by atoms with Gasteiger partial charge in [0.1, 0.15) is 0 Å². The summed E-state index contributed by atoms with van der Waals surface area (Å²) in [7, 11) is 4.46. The molecule has 0 aliphatic carbocycles. The maximum absolute atomic E-state index is 12.0. The monoisotopic (exact) mass is 309 g/mol. The normalized spacial score (nSPS) is 14.0. The summed E-state index contributed by atoms with van der Waals surface area (Å²) in [4.78, 5) is 12.0. The lowest BCUT2D eigenvalue weighted by Gasteiger charge is -2.20. The largest absolute Gasteiger partial charge is 0.493 e. The molecule has 2 atom stereocenters. The molecule has 0 fully saturated rings. The van der Waals surface area contributed by atoms with Gasteiger partial charge in [0, 0.05) is 13.0 Å². The molecule has 1 aromatic rings. The van der Waals surface area contributed by atoms with Gasteiger partial charge in [-0.05, 0) is 17.7 Å². The second kappa shape index (κ2) is 8.50. The van der Waals surface area contributed by atoms with Gasteiger partial charge in [0.2, 0.25) is 5.91 Å². The number of nitrogens with zero attached hydrogens (tertiary/aromatic N) is 2. The zero-order valence-corrected chi connectivity index (χ0v) is 12.6. The standard InChI is InChI=1S/C14H19N3O5/c1-15-14(18)11(8-17-20)10(7-16-19)9-4-5-12(21-2)13(6-9)22-3/h4-8,10-11,19-20H,1-3H3,(H,15,18)/b16-7-,17-8-. The molecule has 0 heterocycles. The molecule has 2 unspecified atom stereocenters. The molecular formula is C14H19N3O5. The molecule has 8 heteroatoms. The van der Waals surface area contributed by atoms with Gasteiger partial charge in [-0.2, -0.15) is 0 Å². The maximum Gasteiger partial charge on any atom is 0.229 e. The van der Waals surface area contributed by atoms with Crippen LogP contribution in [-0.4, -0.2) is 50.0 Å². The highest BCUT2D eigenvalue weighted by molar-refractivity contribution is 5.98. The van der Waals surface area contributed by atoms with Gasteiger partial charge in [-0.25, -0.2) is 0 Å². The first-order chi connectivity index (χ1) is 10.6. The Kier molecular flexibility index (Phi) is 6.68. The summed E-state index contributed by atoms with van der Waals surface area (Å²) in [6.07, 6.45) is 2.25. The lowest BCUT2D eigenvalue weighted by Crippen LogP contribution is -2.33. The second-order valence-electron chi connectivity index (χ2n) is 4.31. The van der Waals surface area contributed by atoms with Crippen LogP contribution in [0.2, 0.25) is 0 Å². The third-order valence-corrected chi connectivity index (χ3v) is 3.18. The number of rotatable bonds is 7. The van der Waals surface area contributed by atoms with Crippen molar-refractivity contribution in [3.05, 3.63) is 23.8 Å². The average Bonchev–Trinajstić information content (AvgIpc) is 2.56. The first-order valence-corrected chi connectivity index (χ1v) is 6.41. The van der Waals surface area contributed by atoms with E-state index in [0.29, 0.717) is 17.1 Å². The molecule has 120 valence electrons. The van der Waals surface area contributed by atoms with Gasteiger partial charge in [0.15, 0.2) is 11.5 Å². The molecular weight excluding hydrogens is 290 g/mol. The Morgan fingerprint density at radius 3 is 2.32 bits per heavy atom. The van der Waals surface area contributed by atoms with Crippen LogP contribution in [0.15, 0.2) is 28.5 Å². The number of hydrogen-bond donors (Lipinski definition) is 3. The Hall–Kier alpha value is -2.77. The number of ether oxygens (including phenoxy) is 2. The predicted molar refractivity (Wildman–Crippen MR) is 80.4 cm³/mol. The molecule has 0 aromatic heterocycles. The van der Waals surface area contributed by atoms with Crippen LogP contribution in [0.1, 0.15) is 11.5 Å². The number of hydrogen-bond acceptors (Lipinski definition) is 7. The molecule has 8 nitrogen and oxygen atoms in total. The summed E-state index contributed by atoms with van der Waals surface area (Å²) in [5.74, 6) is -0.909. The molecule has 0 aliphatic heterocycles. The van der Waals surface area contributed by atoms with Crippen molar-refractivity contribution in [3.8, 4) is 11.5 Å². The van der Waals surface area contributed by atoms with Crippen LogP contribution in [0.5, 0.6) is 11.5 Å². The summed E-state index contributed by atoms with van der Waals surface area (Å²) >= 11 is 0. The van der Waals surface area contributed by atoms with Crippen LogP contribution in [0.25, 0.3) is 0 Å². The van der Waals surface area contributed by atoms with Gasteiger partial charge in [0.05, 0.1) is 32.6 Å². The molecule has 1 aromatic carbocycles. The van der Waals surface area contributed by atoms with Gasteiger partial charge >= 0.3 is 0 Å². The van der Waals surface area contributed by atoms with Crippen molar-refractivity contribution in [1.82, 2.24) is 5.32 Å². The van der Waals surface area contributed by atoms with E-state index in [1.165, 1.54) is 27.5 Å². The van der Waals surface area contributed by atoms with Crippen LogP contribution < -0.4 is 14.8 Å². The SMILES string of the molecule is CNC(=O)C(/C=N\O)C(/C=N\O)c1ccc(OC)c(OC)c1.